The van der Waals surface area contributed by atoms with Crippen LogP contribution in [0.1, 0.15) is 24.8 Å². The van der Waals surface area contributed by atoms with Gasteiger partial charge in [0, 0.05) is 43.0 Å². The van der Waals surface area contributed by atoms with Crippen LogP contribution in [0.15, 0.2) is 47.0 Å². The highest BCUT2D eigenvalue weighted by molar-refractivity contribution is 5.56. The van der Waals surface area contributed by atoms with Crippen molar-refractivity contribution in [3.8, 4) is 22.8 Å². The number of nitrogens with one attached hydrogen (secondary N) is 1. The third kappa shape index (κ3) is 4.70. The van der Waals surface area contributed by atoms with E-state index in [0.717, 1.165) is 36.6 Å². The minimum absolute atomic E-state index is 0.0456. The molecule has 0 amide bonds. The lowest BCUT2D eigenvalue weighted by molar-refractivity contribution is 0.116. The van der Waals surface area contributed by atoms with Crippen molar-refractivity contribution in [2.45, 2.75) is 25.9 Å². The molecule has 1 atom stereocenters. The van der Waals surface area contributed by atoms with E-state index in [-0.39, 0.29) is 5.89 Å². The molecule has 1 aromatic carbocycles. The number of benzene rings is 1. The van der Waals surface area contributed by atoms with Gasteiger partial charge >= 0.3 is 6.43 Å². The van der Waals surface area contributed by atoms with E-state index in [1.807, 2.05) is 24.3 Å². The van der Waals surface area contributed by atoms with E-state index in [4.69, 9.17) is 4.42 Å². The molecule has 0 spiro atoms. The van der Waals surface area contributed by atoms with Crippen LogP contribution in [0.2, 0.25) is 0 Å². The molecule has 12 heteroatoms. The van der Waals surface area contributed by atoms with Gasteiger partial charge in [0.2, 0.25) is 11.7 Å². The molecule has 0 aliphatic carbocycles. The van der Waals surface area contributed by atoms with Crippen molar-refractivity contribution in [1.82, 2.24) is 40.7 Å². The number of tetrazole rings is 1. The Labute approximate surface area is 187 Å². The molecule has 5 rings (SSSR count). The SMILES string of the molecule is C[C@H]1CN(c2ccc(-c3nnn(Cc4ccc(-c5nnc(C(F)F)o5)cc4)n3)cn2)CCN1. The molecule has 1 aliphatic heterocycles. The largest absolute Gasteiger partial charge is 0.415 e. The number of hydrogen-bond donors (Lipinski definition) is 1. The Morgan fingerprint density at radius 1 is 1.09 bits per heavy atom. The van der Waals surface area contributed by atoms with Gasteiger partial charge < -0.3 is 14.6 Å². The third-order valence-corrected chi connectivity index (χ3v) is 5.30. The first-order valence-electron chi connectivity index (χ1n) is 10.5. The molecule has 0 bridgehead atoms. The van der Waals surface area contributed by atoms with Crippen molar-refractivity contribution in [1.29, 1.82) is 0 Å². The highest BCUT2D eigenvalue weighted by atomic mass is 19.3. The van der Waals surface area contributed by atoms with Crippen LogP contribution < -0.4 is 10.2 Å². The van der Waals surface area contributed by atoms with Gasteiger partial charge in [0.25, 0.3) is 5.89 Å². The number of hydrogen-bond acceptors (Lipinski definition) is 9. The van der Waals surface area contributed by atoms with E-state index < -0.39 is 12.3 Å². The zero-order valence-electron chi connectivity index (χ0n) is 17.8. The first-order chi connectivity index (χ1) is 16.0. The quantitative estimate of drug-likeness (QED) is 0.471. The Hall–Kier alpha value is -3.80. The van der Waals surface area contributed by atoms with Crippen molar-refractivity contribution < 1.29 is 13.2 Å². The molecule has 4 heterocycles. The van der Waals surface area contributed by atoms with E-state index in [0.29, 0.717) is 24.0 Å². The lowest BCUT2D eigenvalue weighted by Gasteiger charge is -2.32. The van der Waals surface area contributed by atoms with Crippen molar-refractivity contribution in [2.24, 2.45) is 0 Å². The Kier molecular flexibility index (Phi) is 5.73. The molecule has 0 saturated carbocycles. The maximum Gasteiger partial charge on any atom is 0.314 e. The van der Waals surface area contributed by atoms with Crippen LogP contribution in [0.25, 0.3) is 22.8 Å². The van der Waals surface area contributed by atoms with Gasteiger partial charge in [0.1, 0.15) is 5.82 Å². The number of nitrogens with zero attached hydrogens (tertiary/aromatic N) is 8. The van der Waals surface area contributed by atoms with Gasteiger partial charge in [0.05, 0.1) is 6.54 Å². The Bertz CT molecular complexity index is 1210. The van der Waals surface area contributed by atoms with E-state index in [9.17, 15) is 8.78 Å². The number of rotatable bonds is 6. The molecule has 3 aromatic heterocycles. The number of alkyl halides is 2. The van der Waals surface area contributed by atoms with E-state index >= 15 is 0 Å². The second-order valence-corrected chi connectivity index (χ2v) is 7.79. The molecule has 10 nitrogen and oxygen atoms in total. The molecule has 1 fully saturated rings. The van der Waals surface area contributed by atoms with Crippen LogP contribution >= 0.6 is 0 Å². The van der Waals surface area contributed by atoms with E-state index in [2.05, 4.69) is 47.7 Å². The number of aromatic nitrogens is 7. The monoisotopic (exact) mass is 453 g/mol. The molecular weight excluding hydrogens is 432 g/mol. The van der Waals surface area contributed by atoms with Crippen LogP contribution in [0, 0.1) is 0 Å². The number of anilines is 1. The Morgan fingerprint density at radius 3 is 2.61 bits per heavy atom. The van der Waals surface area contributed by atoms with Gasteiger partial charge in [-0.3, -0.25) is 0 Å². The summed E-state index contributed by atoms with van der Waals surface area (Å²) in [6.45, 7) is 5.32. The fraction of sp³-hybridized carbons (Fsp3) is 0.333. The standard InChI is InChI=1S/C21H21F2N9O/c1-13-11-31(9-8-24-13)17-7-6-16(10-25-17)19-26-30-32(29-19)12-14-2-4-15(5-3-14)20-27-28-21(33-20)18(22)23/h2-7,10,13,18,24H,8-9,11-12H2,1H3/t13-/m0/s1. The van der Waals surface area contributed by atoms with Crippen molar-refractivity contribution in [3.05, 3.63) is 54.0 Å². The summed E-state index contributed by atoms with van der Waals surface area (Å²) >= 11 is 0. The summed E-state index contributed by atoms with van der Waals surface area (Å²) in [5, 5.41) is 23.1. The van der Waals surface area contributed by atoms with Crippen LogP contribution in [0.5, 0.6) is 0 Å². The van der Waals surface area contributed by atoms with E-state index in [1.165, 1.54) is 4.80 Å². The smallest absolute Gasteiger partial charge is 0.314 e. The normalized spacial score (nSPS) is 16.5. The van der Waals surface area contributed by atoms with Crippen LogP contribution in [-0.4, -0.2) is 61.1 Å². The predicted molar refractivity (Wildman–Crippen MR) is 115 cm³/mol. The first-order valence-corrected chi connectivity index (χ1v) is 10.5. The second-order valence-electron chi connectivity index (χ2n) is 7.79. The summed E-state index contributed by atoms with van der Waals surface area (Å²) in [6.07, 6.45) is -1.04. The van der Waals surface area contributed by atoms with Crippen molar-refractivity contribution >= 4 is 5.82 Å². The average Bonchev–Trinajstić information content (AvgIpc) is 3.50. The van der Waals surface area contributed by atoms with Gasteiger partial charge in [-0.2, -0.15) is 13.6 Å². The predicted octanol–water partition coefficient (Wildman–Crippen LogP) is 2.57. The lowest BCUT2D eigenvalue weighted by atomic mass is 10.1. The minimum Gasteiger partial charge on any atom is -0.415 e. The summed E-state index contributed by atoms with van der Waals surface area (Å²) in [5.41, 5.74) is 2.24. The maximum absolute atomic E-state index is 12.6. The van der Waals surface area contributed by atoms with Gasteiger partial charge in [-0.1, -0.05) is 12.1 Å². The molecule has 0 unspecified atom stereocenters. The van der Waals surface area contributed by atoms with Crippen LogP contribution in [0.4, 0.5) is 14.6 Å². The summed E-state index contributed by atoms with van der Waals surface area (Å²) in [6, 6.07) is 11.4. The summed E-state index contributed by atoms with van der Waals surface area (Å²) in [5.74, 6) is 0.772. The number of piperazine rings is 1. The topological polar surface area (TPSA) is 111 Å². The molecular formula is C21H21F2N9O. The molecule has 1 saturated heterocycles. The summed E-state index contributed by atoms with van der Waals surface area (Å²) in [7, 11) is 0. The fourth-order valence-electron chi connectivity index (χ4n) is 3.63. The van der Waals surface area contributed by atoms with Gasteiger partial charge in [-0.05, 0) is 42.0 Å². The van der Waals surface area contributed by atoms with Crippen LogP contribution in [0.3, 0.4) is 0 Å². The lowest BCUT2D eigenvalue weighted by Crippen LogP contribution is -2.49. The van der Waals surface area contributed by atoms with Gasteiger partial charge in [-0.25, -0.2) is 4.98 Å². The molecule has 0 radical (unpaired) electrons. The van der Waals surface area contributed by atoms with E-state index in [1.54, 1.807) is 18.3 Å². The Balaban J connectivity index is 1.24. The van der Waals surface area contributed by atoms with Crippen molar-refractivity contribution in [3.63, 3.8) is 0 Å². The van der Waals surface area contributed by atoms with Gasteiger partial charge in [-0.15, -0.1) is 20.4 Å². The van der Waals surface area contributed by atoms with Crippen molar-refractivity contribution in [2.75, 3.05) is 24.5 Å². The Morgan fingerprint density at radius 2 is 1.91 bits per heavy atom. The molecule has 4 aromatic rings. The average molecular weight is 453 g/mol. The minimum atomic E-state index is -2.80. The van der Waals surface area contributed by atoms with Gasteiger partial charge in [0.15, 0.2) is 0 Å². The molecule has 170 valence electrons. The molecule has 1 N–H and O–H groups in total. The highest BCUT2D eigenvalue weighted by Crippen LogP contribution is 2.24. The summed E-state index contributed by atoms with van der Waals surface area (Å²) < 4.78 is 30.2. The number of halogens is 2. The third-order valence-electron chi connectivity index (χ3n) is 5.30. The maximum atomic E-state index is 12.6. The second kappa shape index (κ2) is 8.98. The first kappa shape index (κ1) is 21.1. The summed E-state index contributed by atoms with van der Waals surface area (Å²) in [4.78, 5) is 8.31. The molecule has 1 aliphatic rings. The fourth-order valence-corrected chi connectivity index (χ4v) is 3.63. The zero-order valence-corrected chi connectivity index (χ0v) is 17.8. The highest BCUT2D eigenvalue weighted by Gasteiger charge is 2.18. The number of pyridine rings is 1. The zero-order chi connectivity index (χ0) is 22.8. The van der Waals surface area contributed by atoms with Crippen LogP contribution in [-0.2, 0) is 6.54 Å². The molecule has 33 heavy (non-hydrogen) atoms.